The quantitative estimate of drug-likeness (QED) is 0.794. The van der Waals surface area contributed by atoms with Crippen LogP contribution in [0.3, 0.4) is 0 Å². The van der Waals surface area contributed by atoms with Crippen molar-refractivity contribution in [2.75, 3.05) is 19.3 Å². The lowest BCUT2D eigenvalue weighted by Crippen LogP contribution is -2.33. The van der Waals surface area contributed by atoms with E-state index in [0.29, 0.717) is 5.02 Å². The van der Waals surface area contributed by atoms with Crippen LogP contribution in [0.15, 0.2) is 18.3 Å². The number of nitrogens with one attached hydrogen (secondary N) is 2. The zero-order chi connectivity index (χ0) is 12.9. The fourth-order valence-corrected chi connectivity index (χ4v) is 1.76. The van der Waals surface area contributed by atoms with Gasteiger partial charge in [0.1, 0.15) is 5.69 Å². The summed E-state index contributed by atoms with van der Waals surface area (Å²) < 4.78 is 24.3. The van der Waals surface area contributed by atoms with Crippen molar-refractivity contribution in [1.29, 1.82) is 0 Å². The zero-order valence-electron chi connectivity index (χ0n) is 9.10. The van der Waals surface area contributed by atoms with Crippen molar-refractivity contribution in [3.05, 3.63) is 29.0 Å². The van der Waals surface area contributed by atoms with Crippen LogP contribution in [0.2, 0.25) is 5.02 Å². The van der Waals surface area contributed by atoms with Crippen LogP contribution in [0.4, 0.5) is 0 Å². The number of sulfonamides is 1. The highest BCUT2D eigenvalue weighted by molar-refractivity contribution is 7.89. The molecule has 0 radical (unpaired) electrons. The molecule has 1 amide bonds. The summed E-state index contributed by atoms with van der Waals surface area (Å²) in [4.78, 5) is 15.3. The lowest BCUT2D eigenvalue weighted by molar-refractivity contribution is 0.0951. The molecule has 0 spiro atoms. The molecule has 0 atom stereocenters. The zero-order valence-corrected chi connectivity index (χ0v) is 10.7. The topological polar surface area (TPSA) is 88.2 Å². The first-order valence-electron chi connectivity index (χ1n) is 4.75. The van der Waals surface area contributed by atoms with Crippen molar-refractivity contribution >= 4 is 27.5 Å². The average Bonchev–Trinajstić information content (AvgIpc) is 2.28. The second kappa shape index (κ2) is 5.95. The third kappa shape index (κ3) is 4.68. The van der Waals surface area contributed by atoms with E-state index in [1.807, 2.05) is 0 Å². The van der Waals surface area contributed by atoms with Crippen LogP contribution in [-0.4, -0.2) is 38.7 Å². The van der Waals surface area contributed by atoms with E-state index < -0.39 is 15.9 Å². The number of nitrogens with zero attached hydrogens (tertiary/aromatic N) is 1. The van der Waals surface area contributed by atoms with Crippen LogP contribution in [0.25, 0.3) is 0 Å². The molecule has 1 aromatic rings. The van der Waals surface area contributed by atoms with Crippen LogP contribution >= 0.6 is 11.6 Å². The number of hydrogen-bond donors (Lipinski definition) is 2. The molecule has 17 heavy (non-hydrogen) atoms. The van der Waals surface area contributed by atoms with Crippen molar-refractivity contribution in [2.45, 2.75) is 0 Å². The maximum absolute atomic E-state index is 11.5. The predicted molar refractivity (Wildman–Crippen MR) is 64.4 cm³/mol. The second-order valence-electron chi connectivity index (χ2n) is 3.14. The molecule has 0 bridgehead atoms. The van der Waals surface area contributed by atoms with Gasteiger partial charge in [0, 0.05) is 17.8 Å². The smallest absolute Gasteiger partial charge is 0.269 e. The number of hydrogen-bond acceptors (Lipinski definition) is 4. The van der Waals surface area contributed by atoms with Gasteiger partial charge in [-0.1, -0.05) is 11.6 Å². The first kappa shape index (κ1) is 13.9. The fraction of sp³-hybridized carbons (Fsp3) is 0.333. The minimum atomic E-state index is -3.32. The largest absolute Gasteiger partial charge is 0.350 e. The molecule has 1 rings (SSSR count). The highest BCUT2D eigenvalue weighted by atomic mass is 35.5. The van der Waals surface area contributed by atoms with Gasteiger partial charge in [-0.2, -0.15) is 0 Å². The summed E-state index contributed by atoms with van der Waals surface area (Å²) in [6.07, 6.45) is 1.40. The van der Waals surface area contributed by atoms with Crippen molar-refractivity contribution in [1.82, 2.24) is 15.0 Å². The molecule has 2 N–H and O–H groups in total. The summed E-state index contributed by atoms with van der Waals surface area (Å²) in [5.41, 5.74) is 0.152. The van der Waals surface area contributed by atoms with Crippen LogP contribution in [0.1, 0.15) is 10.5 Å². The molecule has 94 valence electrons. The number of carbonyl (C=O) groups is 1. The van der Waals surface area contributed by atoms with Gasteiger partial charge in [0.25, 0.3) is 5.91 Å². The van der Waals surface area contributed by atoms with E-state index in [1.165, 1.54) is 19.3 Å². The van der Waals surface area contributed by atoms with Gasteiger partial charge in [-0.3, -0.25) is 9.78 Å². The molecule has 0 aromatic carbocycles. The van der Waals surface area contributed by atoms with E-state index in [-0.39, 0.29) is 18.0 Å². The fourth-order valence-electron chi connectivity index (χ4n) is 1.02. The molecule has 0 aliphatic carbocycles. The second-order valence-corrected chi connectivity index (χ2v) is 5.62. The first-order chi connectivity index (χ1) is 7.94. The van der Waals surface area contributed by atoms with E-state index in [2.05, 4.69) is 15.0 Å². The average molecular weight is 278 g/mol. The predicted octanol–water partition coefficient (Wildman–Crippen LogP) is 0.0140. The summed E-state index contributed by atoms with van der Waals surface area (Å²) in [6.45, 7) is 0.0101. The van der Waals surface area contributed by atoms with E-state index in [4.69, 9.17) is 11.6 Å². The summed E-state index contributed by atoms with van der Waals surface area (Å²) in [7, 11) is -2.00. The monoisotopic (exact) mass is 277 g/mol. The normalized spacial score (nSPS) is 11.2. The van der Waals surface area contributed by atoms with Gasteiger partial charge in [0.2, 0.25) is 10.0 Å². The van der Waals surface area contributed by atoms with E-state index >= 15 is 0 Å². The van der Waals surface area contributed by atoms with E-state index in [1.54, 1.807) is 6.07 Å². The van der Waals surface area contributed by atoms with Crippen LogP contribution in [0.5, 0.6) is 0 Å². The maximum Gasteiger partial charge on any atom is 0.269 e. The lowest BCUT2D eigenvalue weighted by atomic mass is 10.3. The molecule has 0 aliphatic heterocycles. The lowest BCUT2D eigenvalue weighted by Gasteiger charge is -2.05. The molecule has 1 aromatic heterocycles. The molecular weight excluding hydrogens is 266 g/mol. The van der Waals surface area contributed by atoms with Gasteiger partial charge in [-0.25, -0.2) is 13.1 Å². The standard InChI is InChI=1S/C9H12ClN3O3S/c1-11-17(15,16)5-4-13-9(14)8-6-7(10)2-3-12-8/h2-3,6,11H,4-5H2,1H3,(H,13,14). The van der Waals surface area contributed by atoms with Crippen molar-refractivity contribution in [3.8, 4) is 0 Å². The van der Waals surface area contributed by atoms with Crippen molar-refractivity contribution in [3.63, 3.8) is 0 Å². The number of amides is 1. The van der Waals surface area contributed by atoms with E-state index in [9.17, 15) is 13.2 Å². The Labute approximate surface area is 104 Å². The molecule has 6 nitrogen and oxygen atoms in total. The molecule has 0 unspecified atom stereocenters. The Morgan fingerprint density at radius 1 is 1.53 bits per heavy atom. The van der Waals surface area contributed by atoms with Gasteiger partial charge in [-0.15, -0.1) is 0 Å². The number of rotatable bonds is 5. The number of pyridine rings is 1. The van der Waals surface area contributed by atoms with E-state index in [0.717, 1.165) is 0 Å². The molecular formula is C9H12ClN3O3S. The summed E-state index contributed by atoms with van der Waals surface area (Å²) in [6, 6.07) is 2.95. The van der Waals surface area contributed by atoms with Crippen LogP contribution in [-0.2, 0) is 10.0 Å². The molecule has 0 saturated heterocycles. The maximum atomic E-state index is 11.5. The van der Waals surface area contributed by atoms with Gasteiger partial charge >= 0.3 is 0 Å². The molecule has 0 aliphatic rings. The highest BCUT2D eigenvalue weighted by Crippen LogP contribution is 2.07. The summed E-state index contributed by atoms with van der Waals surface area (Å²) in [5.74, 6) is -0.644. The molecule has 8 heteroatoms. The Morgan fingerprint density at radius 2 is 2.24 bits per heavy atom. The first-order valence-corrected chi connectivity index (χ1v) is 6.78. The third-order valence-electron chi connectivity index (χ3n) is 1.92. The Kier molecular flexibility index (Phi) is 4.86. The Hall–Kier alpha value is -1.18. The molecule has 1 heterocycles. The Balaban J connectivity index is 2.51. The molecule has 0 fully saturated rings. The SMILES string of the molecule is CNS(=O)(=O)CCNC(=O)c1cc(Cl)ccn1. The third-order valence-corrected chi connectivity index (χ3v) is 3.52. The number of halogens is 1. The van der Waals surface area contributed by atoms with Crippen molar-refractivity contribution in [2.24, 2.45) is 0 Å². The van der Waals surface area contributed by atoms with Crippen molar-refractivity contribution < 1.29 is 13.2 Å². The minimum absolute atomic E-state index is 0.0101. The van der Waals surface area contributed by atoms with Gasteiger partial charge in [0.15, 0.2) is 0 Å². The van der Waals surface area contributed by atoms with Gasteiger partial charge in [-0.05, 0) is 19.2 Å². The summed E-state index contributed by atoms with van der Waals surface area (Å²) in [5, 5.41) is 2.83. The minimum Gasteiger partial charge on any atom is -0.350 e. The van der Waals surface area contributed by atoms with Gasteiger partial charge < -0.3 is 5.32 Å². The molecule has 0 saturated carbocycles. The van der Waals surface area contributed by atoms with Crippen LogP contribution in [0, 0.1) is 0 Å². The Morgan fingerprint density at radius 3 is 2.82 bits per heavy atom. The van der Waals surface area contributed by atoms with Crippen LogP contribution < -0.4 is 10.0 Å². The summed E-state index contributed by atoms with van der Waals surface area (Å²) >= 11 is 5.69. The number of carbonyl (C=O) groups excluding carboxylic acids is 1. The highest BCUT2D eigenvalue weighted by Gasteiger charge is 2.10. The number of aromatic nitrogens is 1. The van der Waals surface area contributed by atoms with Gasteiger partial charge in [0.05, 0.1) is 5.75 Å². The Bertz CT molecular complexity index is 504.